The molecule has 0 aliphatic carbocycles. The molecule has 1 N–H and O–H groups in total. The number of carbonyl (C=O) groups excluding carboxylic acids is 1. The summed E-state index contributed by atoms with van der Waals surface area (Å²) in [5.41, 5.74) is 1.20. The van der Waals surface area contributed by atoms with Crippen molar-refractivity contribution in [3.05, 3.63) is 24.3 Å². The van der Waals surface area contributed by atoms with Gasteiger partial charge in [0.15, 0.2) is 0 Å². The van der Waals surface area contributed by atoms with E-state index in [9.17, 15) is 4.79 Å². The molecule has 0 unspecified atom stereocenters. The molecule has 0 aliphatic heterocycles. The summed E-state index contributed by atoms with van der Waals surface area (Å²) in [6.45, 7) is 3.47. The molecular weight excluding hydrogens is 208 g/mol. The van der Waals surface area contributed by atoms with Crippen molar-refractivity contribution in [3.63, 3.8) is 0 Å². The van der Waals surface area contributed by atoms with Gasteiger partial charge >= 0.3 is 6.09 Å². The lowest BCUT2D eigenvalue weighted by atomic mass is 10.3. The summed E-state index contributed by atoms with van der Waals surface area (Å²) >= 11 is 0. The first-order valence-electron chi connectivity index (χ1n) is 4.75. The molecule has 0 heterocycles. The van der Waals surface area contributed by atoms with Crippen molar-refractivity contribution in [1.82, 2.24) is 0 Å². The predicted molar refractivity (Wildman–Crippen MR) is 61.9 cm³/mol. The fourth-order valence-electron chi connectivity index (χ4n) is 1.01. The molecule has 0 radical (unpaired) electrons. The van der Waals surface area contributed by atoms with Gasteiger partial charge in [-0.3, -0.25) is 10.2 Å². The van der Waals surface area contributed by atoms with Crippen LogP contribution in [0.4, 0.5) is 10.5 Å². The van der Waals surface area contributed by atoms with Crippen molar-refractivity contribution in [3.8, 4) is 5.75 Å². The summed E-state index contributed by atoms with van der Waals surface area (Å²) in [6.07, 6.45) is -0.647. The molecule has 0 aromatic heterocycles. The summed E-state index contributed by atoms with van der Waals surface area (Å²) in [4.78, 5) is 15.9. The lowest BCUT2D eigenvalue weighted by molar-refractivity contribution is 0.166. The summed E-state index contributed by atoms with van der Waals surface area (Å²) in [5.74, 6) is 0.566. The lowest BCUT2D eigenvalue weighted by Crippen LogP contribution is -2.12. The highest BCUT2D eigenvalue weighted by Gasteiger charge is 2.06. The monoisotopic (exact) mass is 222 g/mol. The van der Waals surface area contributed by atoms with Gasteiger partial charge in [0, 0.05) is 0 Å². The number of nitrogens with zero attached hydrogens (tertiary/aromatic N) is 1. The molecular formula is C11H14N2O3. The van der Waals surface area contributed by atoms with Gasteiger partial charge in [0.05, 0.1) is 18.5 Å². The Labute approximate surface area is 94.0 Å². The van der Waals surface area contributed by atoms with Crippen LogP contribution in [-0.2, 0) is 4.84 Å². The first-order chi connectivity index (χ1) is 7.63. The lowest BCUT2D eigenvalue weighted by Gasteiger charge is -2.07. The number of benzene rings is 1. The molecule has 86 valence electrons. The van der Waals surface area contributed by atoms with E-state index in [1.165, 1.54) is 7.11 Å². The number of anilines is 1. The fourth-order valence-corrected chi connectivity index (χ4v) is 1.01. The van der Waals surface area contributed by atoms with Crippen molar-refractivity contribution in [2.45, 2.75) is 13.8 Å². The van der Waals surface area contributed by atoms with Crippen LogP contribution >= 0.6 is 0 Å². The number of nitrogens with one attached hydrogen (secondary N) is 1. The minimum atomic E-state index is -0.647. The maximum absolute atomic E-state index is 11.3. The van der Waals surface area contributed by atoms with Crippen LogP contribution in [0.3, 0.4) is 0 Å². The highest BCUT2D eigenvalue weighted by molar-refractivity contribution is 5.87. The number of hydrogen-bond donors (Lipinski definition) is 1. The van der Waals surface area contributed by atoms with E-state index in [0.29, 0.717) is 17.1 Å². The van der Waals surface area contributed by atoms with Crippen molar-refractivity contribution in [2.75, 3.05) is 12.4 Å². The topological polar surface area (TPSA) is 59.9 Å². The first kappa shape index (κ1) is 12.0. The largest absolute Gasteiger partial charge is 0.495 e. The van der Waals surface area contributed by atoms with Crippen LogP contribution in [-0.4, -0.2) is 18.9 Å². The smallest absolute Gasteiger partial charge is 0.437 e. The van der Waals surface area contributed by atoms with Crippen LogP contribution in [0.25, 0.3) is 0 Å². The molecule has 0 saturated heterocycles. The van der Waals surface area contributed by atoms with Gasteiger partial charge < -0.3 is 4.74 Å². The number of amides is 1. The number of para-hydroxylation sites is 2. The standard InChI is InChI=1S/C11H14N2O3/c1-8(2)13-16-11(14)12-9-6-4-5-7-10(9)15-3/h4-7H,1-3H3,(H,12,14). The van der Waals surface area contributed by atoms with Crippen LogP contribution in [0.15, 0.2) is 29.4 Å². The number of methoxy groups -OCH3 is 1. The number of rotatable bonds is 3. The van der Waals surface area contributed by atoms with Crippen LogP contribution < -0.4 is 10.1 Å². The van der Waals surface area contributed by atoms with Gasteiger partial charge in [-0.15, -0.1) is 0 Å². The van der Waals surface area contributed by atoms with E-state index in [1.807, 2.05) is 6.07 Å². The fraction of sp³-hybridized carbons (Fsp3) is 0.273. The molecule has 0 fully saturated rings. The zero-order chi connectivity index (χ0) is 12.0. The molecule has 0 spiro atoms. The second-order valence-electron chi connectivity index (χ2n) is 3.24. The highest BCUT2D eigenvalue weighted by Crippen LogP contribution is 2.22. The average molecular weight is 222 g/mol. The van der Waals surface area contributed by atoms with Crippen molar-refractivity contribution < 1.29 is 14.4 Å². The van der Waals surface area contributed by atoms with E-state index < -0.39 is 6.09 Å². The van der Waals surface area contributed by atoms with E-state index in [4.69, 9.17) is 4.74 Å². The molecule has 5 heteroatoms. The molecule has 0 atom stereocenters. The third-order valence-electron chi connectivity index (χ3n) is 1.65. The maximum Gasteiger partial charge on any atom is 0.437 e. The van der Waals surface area contributed by atoms with Gasteiger partial charge in [0.2, 0.25) is 0 Å². The van der Waals surface area contributed by atoms with E-state index in [0.717, 1.165) is 0 Å². The van der Waals surface area contributed by atoms with Gasteiger partial charge in [-0.05, 0) is 26.0 Å². The molecule has 1 aromatic rings. The zero-order valence-electron chi connectivity index (χ0n) is 9.48. The Morgan fingerprint density at radius 2 is 2.00 bits per heavy atom. The quantitative estimate of drug-likeness (QED) is 0.486. The number of hydrogen-bond acceptors (Lipinski definition) is 4. The van der Waals surface area contributed by atoms with E-state index in [1.54, 1.807) is 32.0 Å². The Hall–Kier alpha value is -2.04. The molecule has 5 nitrogen and oxygen atoms in total. The van der Waals surface area contributed by atoms with Crippen LogP contribution in [0.5, 0.6) is 5.75 Å². The number of carbonyl (C=O) groups is 1. The molecule has 0 bridgehead atoms. The van der Waals surface area contributed by atoms with E-state index >= 15 is 0 Å². The minimum absolute atomic E-state index is 0.541. The zero-order valence-corrected chi connectivity index (χ0v) is 9.48. The second-order valence-corrected chi connectivity index (χ2v) is 3.24. The SMILES string of the molecule is COc1ccccc1NC(=O)ON=C(C)C. The summed E-state index contributed by atoms with van der Waals surface area (Å²) < 4.78 is 5.07. The number of oxime groups is 1. The van der Waals surface area contributed by atoms with Gasteiger partial charge in [0.1, 0.15) is 5.75 Å². The highest BCUT2D eigenvalue weighted by atomic mass is 16.7. The van der Waals surface area contributed by atoms with Crippen LogP contribution in [0, 0.1) is 0 Å². The molecule has 1 aromatic carbocycles. The molecule has 16 heavy (non-hydrogen) atoms. The Morgan fingerprint density at radius 3 is 2.62 bits per heavy atom. The summed E-state index contributed by atoms with van der Waals surface area (Å²) in [6, 6.07) is 7.04. The van der Waals surface area contributed by atoms with Gasteiger partial charge in [-0.1, -0.05) is 17.3 Å². The van der Waals surface area contributed by atoms with Gasteiger partial charge in [-0.25, -0.2) is 4.79 Å². The number of ether oxygens (including phenoxy) is 1. The maximum atomic E-state index is 11.3. The second kappa shape index (κ2) is 5.75. The van der Waals surface area contributed by atoms with Crippen molar-refractivity contribution in [2.24, 2.45) is 5.16 Å². The van der Waals surface area contributed by atoms with Gasteiger partial charge in [-0.2, -0.15) is 0 Å². The molecule has 1 rings (SSSR count). The van der Waals surface area contributed by atoms with Crippen LogP contribution in [0.1, 0.15) is 13.8 Å². The first-order valence-corrected chi connectivity index (χ1v) is 4.75. The molecule has 1 amide bonds. The average Bonchev–Trinajstić information content (AvgIpc) is 2.27. The summed E-state index contributed by atoms with van der Waals surface area (Å²) in [5, 5.41) is 6.06. The van der Waals surface area contributed by atoms with Crippen LogP contribution in [0.2, 0.25) is 0 Å². The van der Waals surface area contributed by atoms with Crippen molar-refractivity contribution in [1.29, 1.82) is 0 Å². The Kier molecular flexibility index (Phi) is 4.32. The van der Waals surface area contributed by atoms with Crippen molar-refractivity contribution >= 4 is 17.5 Å². The molecule has 0 saturated carbocycles. The van der Waals surface area contributed by atoms with E-state index in [2.05, 4.69) is 15.3 Å². The Morgan fingerprint density at radius 1 is 1.31 bits per heavy atom. The summed E-state index contributed by atoms with van der Waals surface area (Å²) in [7, 11) is 1.53. The van der Waals surface area contributed by atoms with E-state index in [-0.39, 0.29) is 0 Å². The normalized spacial score (nSPS) is 9.19. The minimum Gasteiger partial charge on any atom is -0.495 e. The Balaban J connectivity index is 2.66. The van der Waals surface area contributed by atoms with Gasteiger partial charge in [0.25, 0.3) is 0 Å². The predicted octanol–water partition coefficient (Wildman–Crippen LogP) is 2.64. The Bertz CT molecular complexity index is 398. The third-order valence-corrected chi connectivity index (χ3v) is 1.65. The molecule has 0 aliphatic rings. The third kappa shape index (κ3) is 3.61.